The first-order valence-corrected chi connectivity index (χ1v) is 7.33. The van der Waals surface area contributed by atoms with Crippen LogP contribution in [0.4, 0.5) is 0 Å². The number of hydrogen-bond donors (Lipinski definition) is 3. The second-order valence-corrected chi connectivity index (χ2v) is 5.99. The zero-order valence-electron chi connectivity index (χ0n) is 10.7. The SMILES string of the molecule is COC(=O)c1ccc(Cl)c(S(=O)(=O)NC[C@H](O)C(=O)O)c1. The predicted octanol–water partition coefficient (Wildman–Crippen LogP) is -0.150. The second-order valence-electron chi connectivity index (χ2n) is 3.84. The van der Waals surface area contributed by atoms with E-state index >= 15 is 0 Å². The van der Waals surface area contributed by atoms with Gasteiger partial charge in [0.05, 0.1) is 17.7 Å². The molecule has 0 aromatic heterocycles. The van der Waals surface area contributed by atoms with E-state index < -0.39 is 39.5 Å². The molecule has 0 bridgehead atoms. The molecule has 0 aliphatic carbocycles. The quantitative estimate of drug-likeness (QED) is 0.615. The van der Waals surface area contributed by atoms with E-state index in [-0.39, 0.29) is 10.6 Å². The van der Waals surface area contributed by atoms with Crippen LogP contribution in [-0.2, 0) is 19.6 Å². The van der Waals surface area contributed by atoms with Gasteiger partial charge in [0, 0.05) is 6.54 Å². The number of esters is 1. The number of carboxylic acids is 1. The molecule has 0 aliphatic rings. The van der Waals surface area contributed by atoms with Gasteiger partial charge in [-0.25, -0.2) is 22.7 Å². The van der Waals surface area contributed by atoms with E-state index in [2.05, 4.69) is 4.74 Å². The van der Waals surface area contributed by atoms with Crippen LogP contribution in [0.25, 0.3) is 0 Å². The number of aliphatic hydroxyl groups excluding tert-OH is 1. The Morgan fingerprint density at radius 2 is 2.05 bits per heavy atom. The Morgan fingerprint density at radius 1 is 1.43 bits per heavy atom. The van der Waals surface area contributed by atoms with Crippen molar-refractivity contribution in [1.82, 2.24) is 4.72 Å². The molecule has 0 spiro atoms. The highest BCUT2D eigenvalue weighted by molar-refractivity contribution is 7.89. The average molecular weight is 338 g/mol. The molecule has 3 N–H and O–H groups in total. The number of methoxy groups -OCH3 is 1. The molecule has 0 heterocycles. The van der Waals surface area contributed by atoms with E-state index in [4.69, 9.17) is 21.8 Å². The lowest BCUT2D eigenvalue weighted by atomic mass is 10.2. The van der Waals surface area contributed by atoms with E-state index in [0.29, 0.717) is 0 Å². The van der Waals surface area contributed by atoms with Crippen LogP contribution in [0.3, 0.4) is 0 Å². The van der Waals surface area contributed by atoms with Crippen LogP contribution >= 0.6 is 11.6 Å². The number of ether oxygens (including phenoxy) is 1. The summed E-state index contributed by atoms with van der Waals surface area (Å²) < 4.78 is 30.3. The molecule has 1 rings (SSSR count). The van der Waals surface area contributed by atoms with E-state index in [0.717, 1.165) is 13.2 Å². The minimum absolute atomic E-state index is 0.0407. The fraction of sp³-hybridized carbons (Fsp3) is 0.273. The lowest BCUT2D eigenvalue weighted by Gasteiger charge is -2.11. The summed E-state index contributed by atoms with van der Waals surface area (Å²) in [5.41, 5.74) is -0.0407. The highest BCUT2D eigenvalue weighted by Crippen LogP contribution is 2.23. The number of sulfonamides is 1. The van der Waals surface area contributed by atoms with Gasteiger partial charge < -0.3 is 14.9 Å². The Bertz CT molecular complexity index is 659. The third-order valence-electron chi connectivity index (χ3n) is 2.39. The van der Waals surface area contributed by atoms with E-state index in [9.17, 15) is 18.0 Å². The van der Waals surface area contributed by atoms with Gasteiger partial charge in [0.1, 0.15) is 4.90 Å². The zero-order valence-corrected chi connectivity index (χ0v) is 12.3. The third kappa shape index (κ3) is 4.39. The molecule has 0 fully saturated rings. The maximum atomic E-state index is 12.0. The van der Waals surface area contributed by atoms with Crippen molar-refractivity contribution in [3.8, 4) is 0 Å². The van der Waals surface area contributed by atoms with Crippen LogP contribution in [0, 0.1) is 0 Å². The van der Waals surface area contributed by atoms with E-state index in [1.807, 2.05) is 4.72 Å². The Kier molecular flexibility index (Phi) is 5.67. The Labute approximate surface area is 125 Å². The maximum Gasteiger partial charge on any atom is 0.337 e. The van der Waals surface area contributed by atoms with Crippen molar-refractivity contribution in [2.45, 2.75) is 11.0 Å². The maximum absolute atomic E-state index is 12.0. The van der Waals surface area contributed by atoms with Crippen molar-refractivity contribution in [3.05, 3.63) is 28.8 Å². The molecular weight excluding hydrogens is 326 g/mol. The molecule has 10 heteroatoms. The summed E-state index contributed by atoms with van der Waals surface area (Å²) in [5, 5.41) is 17.4. The topological polar surface area (TPSA) is 130 Å². The van der Waals surface area contributed by atoms with Crippen molar-refractivity contribution in [2.24, 2.45) is 0 Å². The highest BCUT2D eigenvalue weighted by Gasteiger charge is 2.23. The number of hydrogen-bond acceptors (Lipinski definition) is 6. The number of benzene rings is 1. The van der Waals surface area contributed by atoms with Crippen molar-refractivity contribution in [2.75, 3.05) is 13.7 Å². The fourth-order valence-electron chi connectivity index (χ4n) is 1.31. The summed E-state index contributed by atoms with van der Waals surface area (Å²) in [6.45, 7) is -0.740. The molecule has 21 heavy (non-hydrogen) atoms. The first kappa shape index (κ1) is 17.4. The lowest BCUT2D eigenvalue weighted by Crippen LogP contribution is -2.36. The number of carbonyl (C=O) groups is 2. The van der Waals surface area contributed by atoms with Crippen LogP contribution in [0.15, 0.2) is 23.1 Å². The van der Waals surface area contributed by atoms with Gasteiger partial charge in [-0.15, -0.1) is 0 Å². The first-order chi connectivity index (χ1) is 9.69. The number of halogens is 1. The standard InChI is InChI=1S/C11H12ClNO7S/c1-20-11(17)6-2-3-7(12)9(4-6)21(18,19)13-5-8(14)10(15)16/h2-4,8,13-14H,5H2,1H3,(H,15,16)/t8-/m0/s1. The summed E-state index contributed by atoms with van der Waals surface area (Å²) in [7, 11) is -3.07. The summed E-state index contributed by atoms with van der Waals surface area (Å²) in [6, 6.07) is 3.46. The minimum Gasteiger partial charge on any atom is -0.479 e. The van der Waals surface area contributed by atoms with Crippen LogP contribution in [-0.4, -0.2) is 50.3 Å². The fourth-order valence-corrected chi connectivity index (χ4v) is 2.87. The summed E-state index contributed by atoms with van der Waals surface area (Å²) in [4.78, 5) is 21.4. The van der Waals surface area contributed by atoms with Crippen molar-refractivity contribution < 1.29 is 33.0 Å². The van der Waals surface area contributed by atoms with Crippen molar-refractivity contribution in [3.63, 3.8) is 0 Å². The first-order valence-electron chi connectivity index (χ1n) is 5.47. The Balaban J connectivity index is 3.07. The number of carboxylic acid groups (broad SMARTS) is 1. The van der Waals surface area contributed by atoms with Crippen LogP contribution in [0.5, 0.6) is 0 Å². The molecule has 8 nitrogen and oxygen atoms in total. The normalized spacial score (nSPS) is 12.7. The number of rotatable bonds is 6. The number of carbonyl (C=O) groups excluding carboxylic acids is 1. The molecule has 1 aromatic rings. The molecule has 0 amide bonds. The molecule has 0 saturated carbocycles. The largest absolute Gasteiger partial charge is 0.479 e. The van der Waals surface area contributed by atoms with Crippen LogP contribution < -0.4 is 4.72 Å². The van der Waals surface area contributed by atoms with Crippen LogP contribution in [0.1, 0.15) is 10.4 Å². The molecule has 116 valence electrons. The molecule has 0 radical (unpaired) electrons. The highest BCUT2D eigenvalue weighted by atomic mass is 35.5. The van der Waals surface area contributed by atoms with Gasteiger partial charge in [-0.1, -0.05) is 11.6 Å². The molecule has 0 saturated heterocycles. The van der Waals surface area contributed by atoms with Gasteiger partial charge in [-0.2, -0.15) is 0 Å². The smallest absolute Gasteiger partial charge is 0.337 e. The third-order valence-corrected chi connectivity index (χ3v) is 4.30. The number of nitrogens with one attached hydrogen (secondary N) is 1. The Morgan fingerprint density at radius 3 is 2.57 bits per heavy atom. The van der Waals surface area contributed by atoms with E-state index in [1.165, 1.54) is 12.1 Å². The van der Waals surface area contributed by atoms with Gasteiger partial charge >= 0.3 is 11.9 Å². The van der Waals surface area contributed by atoms with Crippen molar-refractivity contribution >= 4 is 33.6 Å². The molecule has 1 aromatic carbocycles. The summed E-state index contributed by atoms with van der Waals surface area (Å²) in [5.74, 6) is -2.33. The molecule has 0 aliphatic heterocycles. The summed E-state index contributed by atoms with van der Waals surface area (Å²) >= 11 is 5.76. The van der Waals surface area contributed by atoms with Gasteiger partial charge in [0.2, 0.25) is 10.0 Å². The van der Waals surface area contributed by atoms with E-state index in [1.54, 1.807) is 0 Å². The minimum atomic E-state index is -4.20. The lowest BCUT2D eigenvalue weighted by molar-refractivity contribution is -0.146. The monoisotopic (exact) mass is 337 g/mol. The molecule has 1 atom stereocenters. The summed E-state index contributed by atoms with van der Waals surface area (Å²) in [6.07, 6.45) is -1.90. The molecule has 0 unspecified atom stereocenters. The van der Waals surface area contributed by atoms with Crippen LogP contribution in [0.2, 0.25) is 5.02 Å². The number of aliphatic hydroxyl groups is 1. The predicted molar refractivity (Wildman–Crippen MR) is 71.6 cm³/mol. The second kappa shape index (κ2) is 6.85. The average Bonchev–Trinajstić information content (AvgIpc) is 2.44. The van der Waals surface area contributed by atoms with Gasteiger partial charge in [-0.05, 0) is 18.2 Å². The zero-order chi connectivity index (χ0) is 16.2. The molecular formula is C11H12ClNO7S. The van der Waals surface area contributed by atoms with Gasteiger partial charge in [0.15, 0.2) is 6.10 Å². The van der Waals surface area contributed by atoms with Gasteiger partial charge in [-0.3, -0.25) is 0 Å². The number of aliphatic carboxylic acids is 1. The van der Waals surface area contributed by atoms with Crippen molar-refractivity contribution in [1.29, 1.82) is 0 Å². The van der Waals surface area contributed by atoms with Gasteiger partial charge in [0.25, 0.3) is 0 Å². The Hall–Kier alpha value is -1.68.